The first-order valence-corrected chi connectivity index (χ1v) is 6.60. The molecule has 0 radical (unpaired) electrons. The van der Waals surface area contributed by atoms with Gasteiger partial charge in [0, 0.05) is 12.6 Å². The zero-order chi connectivity index (χ0) is 11.8. The summed E-state index contributed by atoms with van der Waals surface area (Å²) in [5.41, 5.74) is 0. The van der Waals surface area contributed by atoms with E-state index >= 15 is 0 Å². The highest BCUT2D eigenvalue weighted by molar-refractivity contribution is 4.91. The Hall–Kier alpha value is -0.590. The third-order valence-corrected chi connectivity index (χ3v) is 3.12. The van der Waals surface area contributed by atoms with Crippen molar-refractivity contribution in [2.45, 2.75) is 58.0 Å². The van der Waals surface area contributed by atoms with Gasteiger partial charge in [-0.1, -0.05) is 12.8 Å². The maximum absolute atomic E-state index is 9.03. The largest absolute Gasteiger partial charge is 0.303 e. The molecule has 3 nitrogen and oxygen atoms in total. The van der Waals surface area contributed by atoms with Crippen LogP contribution in [0.1, 0.15) is 46.0 Å². The van der Waals surface area contributed by atoms with Gasteiger partial charge in [0.05, 0.1) is 12.1 Å². The quantitative estimate of drug-likeness (QED) is 0.776. The summed E-state index contributed by atoms with van der Waals surface area (Å²) in [6.45, 7) is 7.70. The molecule has 1 N–H and O–H groups in total. The number of hydrogen-bond acceptors (Lipinski definition) is 3. The van der Waals surface area contributed by atoms with Crippen LogP contribution in [0.15, 0.2) is 0 Å². The fraction of sp³-hybridized carbons (Fsp3) is 0.923. The van der Waals surface area contributed by atoms with Gasteiger partial charge in [-0.25, -0.2) is 0 Å². The highest BCUT2D eigenvalue weighted by Crippen LogP contribution is 2.10. The summed E-state index contributed by atoms with van der Waals surface area (Å²) in [4.78, 5) is 2.51. The summed E-state index contributed by atoms with van der Waals surface area (Å²) in [6.07, 6.45) is 6.36. The van der Waals surface area contributed by atoms with Crippen LogP contribution in [0.5, 0.6) is 0 Å². The minimum absolute atomic E-state index is 0.0169. The smallest absolute Gasteiger partial charge is 0.0967 e. The van der Waals surface area contributed by atoms with Gasteiger partial charge in [-0.15, -0.1) is 0 Å². The Morgan fingerprint density at radius 1 is 1.19 bits per heavy atom. The summed E-state index contributed by atoms with van der Waals surface area (Å²) in [7, 11) is 0. The molecule has 1 atom stereocenters. The molecule has 0 aliphatic carbocycles. The number of nitrogens with one attached hydrogen (secondary N) is 1. The van der Waals surface area contributed by atoms with E-state index in [0.717, 1.165) is 13.0 Å². The summed E-state index contributed by atoms with van der Waals surface area (Å²) >= 11 is 0. The van der Waals surface area contributed by atoms with E-state index < -0.39 is 0 Å². The topological polar surface area (TPSA) is 39.1 Å². The summed E-state index contributed by atoms with van der Waals surface area (Å²) in [5, 5.41) is 12.3. The molecule has 0 spiro atoms. The Labute approximate surface area is 99.8 Å². The van der Waals surface area contributed by atoms with E-state index in [0.29, 0.717) is 6.04 Å². The van der Waals surface area contributed by atoms with Crippen LogP contribution < -0.4 is 5.32 Å². The lowest BCUT2D eigenvalue weighted by Gasteiger charge is -2.22. The molecule has 92 valence electrons. The van der Waals surface area contributed by atoms with Crippen molar-refractivity contribution in [3.05, 3.63) is 0 Å². The van der Waals surface area contributed by atoms with Crippen molar-refractivity contribution in [3.63, 3.8) is 0 Å². The second kappa shape index (κ2) is 7.65. The second-order valence-electron chi connectivity index (χ2n) is 5.05. The van der Waals surface area contributed by atoms with Gasteiger partial charge in [0.15, 0.2) is 0 Å². The fourth-order valence-electron chi connectivity index (χ4n) is 2.26. The molecule has 0 aromatic carbocycles. The van der Waals surface area contributed by atoms with Crippen molar-refractivity contribution in [1.29, 1.82) is 5.26 Å². The number of nitrogens with zero attached hydrogens (tertiary/aromatic N) is 2. The molecule has 1 unspecified atom stereocenters. The minimum Gasteiger partial charge on any atom is -0.303 e. The van der Waals surface area contributed by atoms with Gasteiger partial charge in [0.2, 0.25) is 0 Å². The maximum Gasteiger partial charge on any atom is 0.0967 e. The molecule has 1 rings (SSSR count). The van der Waals surface area contributed by atoms with Crippen molar-refractivity contribution < 1.29 is 0 Å². The van der Waals surface area contributed by atoms with Gasteiger partial charge in [-0.2, -0.15) is 5.26 Å². The zero-order valence-electron chi connectivity index (χ0n) is 10.7. The third-order valence-electron chi connectivity index (χ3n) is 3.12. The van der Waals surface area contributed by atoms with E-state index in [4.69, 9.17) is 5.26 Å². The van der Waals surface area contributed by atoms with Crippen LogP contribution in [0.2, 0.25) is 0 Å². The van der Waals surface area contributed by atoms with Gasteiger partial charge in [-0.3, -0.25) is 5.32 Å². The number of likely N-dealkylation sites (tertiary alicyclic amines) is 1. The molecule has 0 bridgehead atoms. The van der Waals surface area contributed by atoms with Gasteiger partial charge in [0.1, 0.15) is 0 Å². The molecule has 1 fully saturated rings. The first-order chi connectivity index (χ1) is 7.72. The lowest BCUT2D eigenvalue weighted by Crippen LogP contribution is -2.37. The summed E-state index contributed by atoms with van der Waals surface area (Å²) in [6, 6.07) is 2.76. The molecule has 1 saturated heterocycles. The molecule has 1 aliphatic rings. The first kappa shape index (κ1) is 13.5. The van der Waals surface area contributed by atoms with Gasteiger partial charge < -0.3 is 4.90 Å². The SMILES string of the molecule is CC(C)NC(C#N)CCN1CCCCCC1. The van der Waals surface area contributed by atoms with E-state index in [9.17, 15) is 0 Å². The van der Waals surface area contributed by atoms with Crippen molar-refractivity contribution in [2.24, 2.45) is 0 Å². The van der Waals surface area contributed by atoms with Crippen LogP contribution in [0.3, 0.4) is 0 Å². The van der Waals surface area contributed by atoms with Crippen LogP contribution in [0.4, 0.5) is 0 Å². The van der Waals surface area contributed by atoms with Crippen LogP contribution in [0, 0.1) is 11.3 Å². The number of hydrogen-bond donors (Lipinski definition) is 1. The monoisotopic (exact) mass is 223 g/mol. The summed E-state index contributed by atoms with van der Waals surface area (Å²) < 4.78 is 0. The molecule has 0 saturated carbocycles. The molecule has 0 aromatic heterocycles. The first-order valence-electron chi connectivity index (χ1n) is 6.60. The van der Waals surface area contributed by atoms with Crippen molar-refractivity contribution in [1.82, 2.24) is 10.2 Å². The molecule has 0 aromatic rings. The Morgan fingerprint density at radius 2 is 1.81 bits per heavy atom. The van der Waals surface area contributed by atoms with Gasteiger partial charge >= 0.3 is 0 Å². The average molecular weight is 223 g/mol. The van der Waals surface area contributed by atoms with E-state index in [1.54, 1.807) is 0 Å². The van der Waals surface area contributed by atoms with Crippen LogP contribution >= 0.6 is 0 Å². The van der Waals surface area contributed by atoms with Gasteiger partial charge in [0.25, 0.3) is 0 Å². The Balaban J connectivity index is 2.23. The maximum atomic E-state index is 9.03. The number of nitriles is 1. The predicted molar refractivity (Wildman–Crippen MR) is 67.2 cm³/mol. The van der Waals surface area contributed by atoms with E-state index in [-0.39, 0.29) is 6.04 Å². The van der Waals surface area contributed by atoms with Gasteiger partial charge in [-0.05, 0) is 46.2 Å². The van der Waals surface area contributed by atoms with E-state index in [1.165, 1.54) is 38.8 Å². The molecule has 3 heteroatoms. The van der Waals surface area contributed by atoms with Crippen molar-refractivity contribution >= 4 is 0 Å². The molecular weight excluding hydrogens is 198 g/mol. The fourth-order valence-corrected chi connectivity index (χ4v) is 2.26. The third kappa shape index (κ3) is 5.48. The normalized spacial score (nSPS) is 20.4. The predicted octanol–water partition coefficient (Wildman–Crippen LogP) is 2.14. The van der Waals surface area contributed by atoms with E-state index in [2.05, 4.69) is 30.1 Å². The highest BCUT2D eigenvalue weighted by atomic mass is 15.1. The van der Waals surface area contributed by atoms with Crippen LogP contribution in [-0.4, -0.2) is 36.6 Å². The van der Waals surface area contributed by atoms with E-state index in [1.807, 2.05) is 0 Å². The molecule has 0 amide bonds. The Kier molecular flexibility index (Phi) is 6.44. The number of rotatable bonds is 5. The Bertz CT molecular complexity index is 212. The standard InChI is InChI=1S/C13H25N3/c1-12(2)15-13(11-14)7-10-16-8-5-3-4-6-9-16/h12-13,15H,3-10H2,1-2H3. The van der Waals surface area contributed by atoms with Crippen molar-refractivity contribution in [3.8, 4) is 6.07 Å². The van der Waals surface area contributed by atoms with Crippen molar-refractivity contribution in [2.75, 3.05) is 19.6 Å². The van der Waals surface area contributed by atoms with Crippen LogP contribution in [0.25, 0.3) is 0 Å². The minimum atomic E-state index is 0.0169. The second-order valence-corrected chi connectivity index (χ2v) is 5.05. The molecule has 1 heterocycles. The average Bonchev–Trinajstić information content (AvgIpc) is 2.52. The lowest BCUT2D eigenvalue weighted by molar-refractivity contribution is 0.271. The Morgan fingerprint density at radius 3 is 2.31 bits per heavy atom. The molecule has 1 aliphatic heterocycles. The zero-order valence-corrected chi connectivity index (χ0v) is 10.7. The highest BCUT2D eigenvalue weighted by Gasteiger charge is 2.13. The summed E-state index contributed by atoms with van der Waals surface area (Å²) in [5.74, 6) is 0. The molecular formula is C13H25N3. The van der Waals surface area contributed by atoms with Crippen LogP contribution in [-0.2, 0) is 0 Å². The lowest BCUT2D eigenvalue weighted by atomic mass is 10.2. The molecule has 16 heavy (non-hydrogen) atoms.